The van der Waals surface area contributed by atoms with Gasteiger partial charge in [-0.1, -0.05) is 11.3 Å². The molecule has 0 aliphatic carbocycles. The van der Waals surface area contributed by atoms with E-state index in [1.807, 2.05) is 0 Å². The zero-order chi connectivity index (χ0) is 15.6. The summed E-state index contributed by atoms with van der Waals surface area (Å²) in [5.41, 5.74) is 6.56. The summed E-state index contributed by atoms with van der Waals surface area (Å²) in [5, 5.41) is 9.58. The van der Waals surface area contributed by atoms with Crippen LogP contribution < -0.4 is 15.8 Å². The summed E-state index contributed by atoms with van der Waals surface area (Å²) in [4.78, 5) is 14.8. The molecule has 2 aromatic rings. The lowest BCUT2D eigenvalue weighted by molar-refractivity contribution is -0.114. The molecule has 2 rings (SSSR count). The largest absolute Gasteiger partial charge is 0.397 e. The highest BCUT2D eigenvalue weighted by atomic mass is 32.2. The number of nitrogens with zero attached hydrogens (tertiary/aromatic N) is 3. The van der Waals surface area contributed by atoms with Gasteiger partial charge in [-0.15, -0.1) is 10.2 Å². The average molecular weight is 328 g/mol. The zero-order valence-corrected chi connectivity index (χ0v) is 12.7. The van der Waals surface area contributed by atoms with Gasteiger partial charge in [-0.25, -0.2) is 4.98 Å². The first-order chi connectivity index (χ1) is 9.78. The van der Waals surface area contributed by atoms with E-state index in [4.69, 9.17) is 5.73 Å². The van der Waals surface area contributed by atoms with Crippen LogP contribution in [-0.4, -0.2) is 29.5 Å². The number of carbonyl (C=O) groups is 1. The van der Waals surface area contributed by atoms with Crippen LogP contribution >= 0.6 is 11.3 Å². The molecule has 112 valence electrons. The van der Waals surface area contributed by atoms with Crippen LogP contribution in [0.4, 0.5) is 16.6 Å². The van der Waals surface area contributed by atoms with Gasteiger partial charge in [0, 0.05) is 6.92 Å². The minimum Gasteiger partial charge on any atom is -0.397 e. The van der Waals surface area contributed by atoms with Crippen molar-refractivity contribution in [1.82, 2.24) is 15.2 Å². The molecule has 0 aliphatic heterocycles. The number of nitrogens with one attached hydrogen (secondary N) is 2. The highest BCUT2D eigenvalue weighted by Crippen LogP contribution is 2.23. The highest BCUT2D eigenvalue weighted by molar-refractivity contribution is 7.94. The molecule has 0 atom stereocenters. The SMILES string of the molecule is CC(=O)Nc1nnc(S(=O)(=O)Nc2ncc(N)cc2C)s1. The van der Waals surface area contributed by atoms with Gasteiger partial charge in [0.05, 0.1) is 11.9 Å². The molecule has 2 aromatic heterocycles. The van der Waals surface area contributed by atoms with Gasteiger partial charge in [0.15, 0.2) is 0 Å². The van der Waals surface area contributed by atoms with Gasteiger partial charge in [-0.05, 0) is 18.6 Å². The summed E-state index contributed by atoms with van der Waals surface area (Å²) in [6.07, 6.45) is 1.34. The number of sulfonamides is 1. The van der Waals surface area contributed by atoms with Crippen LogP contribution in [0.5, 0.6) is 0 Å². The summed E-state index contributed by atoms with van der Waals surface area (Å²) in [6.45, 7) is 2.96. The van der Waals surface area contributed by atoms with Crippen LogP contribution in [0.1, 0.15) is 12.5 Å². The van der Waals surface area contributed by atoms with Gasteiger partial charge in [-0.2, -0.15) is 8.42 Å². The van der Waals surface area contributed by atoms with E-state index >= 15 is 0 Å². The average Bonchev–Trinajstić information content (AvgIpc) is 2.81. The molecular formula is C10H12N6O3S2. The fraction of sp³-hybridized carbons (Fsp3) is 0.200. The summed E-state index contributed by atoms with van der Waals surface area (Å²) < 4.78 is 26.3. The van der Waals surface area contributed by atoms with E-state index in [-0.39, 0.29) is 21.2 Å². The van der Waals surface area contributed by atoms with E-state index in [1.165, 1.54) is 13.1 Å². The third-order valence-electron chi connectivity index (χ3n) is 2.25. The van der Waals surface area contributed by atoms with Gasteiger partial charge >= 0.3 is 0 Å². The first-order valence-electron chi connectivity index (χ1n) is 5.64. The van der Waals surface area contributed by atoms with Gasteiger partial charge in [0.1, 0.15) is 5.82 Å². The second kappa shape index (κ2) is 5.61. The van der Waals surface area contributed by atoms with Crippen molar-refractivity contribution in [2.24, 2.45) is 0 Å². The number of aromatic nitrogens is 3. The first kappa shape index (κ1) is 15.1. The third-order valence-corrected chi connectivity index (χ3v) is 4.79. The number of hydrogen-bond acceptors (Lipinski definition) is 8. The van der Waals surface area contributed by atoms with E-state index in [1.54, 1.807) is 13.0 Å². The fourth-order valence-corrected chi connectivity index (χ4v) is 3.42. The van der Waals surface area contributed by atoms with E-state index in [0.717, 1.165) is 11.3 Å². The molecule has 0 aliphatic rings. The maximum Gasteiger partial charge on any atom is 0.292 e. The Labute approximate surface area is 124 Å². The molecule has 0 spiro atoms. The number of rotatable bonds is 4. The second-order valence-corrected chi connectivity index (χ2v) is 6.93. The molecule has 0 unspecified atom stereocenters. The Morgan fingerprint density at radius 3 is 2.71 bits per heavy atom. The molecule has 2 heterocycles. The lowest BCUT2D eigenvalue weighted by Crippen LogP contribution is -2.14. The molecule has 0 saturated carbocycles. The van der Waals surface area contributed by atoms with Crippen LogP contribution in [0.15, 0.2) is 16.6 Å². The Bertz CT molecular complexity index is 786. The van der Waals surface area contributed by atoms with Crippen molar-refractivity contribution in [3.8, 4) is 0 Å². The number of pyridine rings is 1. The van der Waals surface area contributed by atoms with Gasteiger partial charge < -0.3 is 11.1 Å². The van der Waals surface area contributed by atoms with E-state index in [0.29, 0.717) is 11.3 Å². The summed E-state index contributed by atoms with van der Waals surface area (Å²) in [7, 11) is -3.92. The lowest BCUT2D eigenvalue weighted by Gasteiger charge is -2.07. The van der Waals surface area contributed by atoms with Crippen LogP contribution in [0.2, 0.25) is 0 Å². The van der Waals surface area contributed by atoms with Crippen molar-refractivity contribution >= 4 is 43.9 Å². The maximum absolute atomic E-state index is 12.2. The van der Waals surface area contributed by atoms with Crippen molar-refractivity contribution < 1.29 is 13.2 Å². The van der Waals surface area contributed by atoms with Crippen molar-refractivity contribution in [1.29, 1.82) is 0 Å². The number of aryl methyl sites for hydroxylation is 1. The molecule has 0 bridgehead atoms. The number of carbonyl (C=O) groups excluding carboxylic acids is 1. The minimum absolute atomic E-state index is 0.102. The maximum atomic E-state index is 12.2. The monoisotopic (exact) mass is 328 g/mol. The number of amides is 1. The number of nitrogen functional groups attached to an aromatic ring is 1. The molecule has 0 radical (unpaired) electrons. The Morgan fingerprint density at radius 1 is 1.38 bits per heavy atom. The van der Waals surface area contributed by atoms with E-state index in [9.17, 15) is 13.2 Å². The second-order valence-electron chi connectivity index (χ2n) is 4.09. The molecule has 1 amide bonds. The first-order valence-corrected chi connectivity index (χ1v) is 7.94. The van der Waals surface area contributed by atoms with Gasteiger partial charge in [0.2, 0.25) is 11.0 Å². The zero-order valence-electron chi connectivity index (χ0n) is 11.1. The van der Waals surface area contributed by atoms with Crippen molar-refractivity contribution in [2.75, 3.05) is 15.8 Å². The van der Waals surface area contributed by atoms with Crippen molar-refractivity contribution in [3.05, 3.63) is 17.8 Å². The Hall–Kier alpha value is -2.27. The predicted molar refractivity (Wildman–Crippen MR) is 78.4 cm³/mol. The normalized spacial score (nSPS) is 11.1. The summed E-state index contributed by atoms with van der Waals surface area (Å²) in [6, 6.07) is 1.59. The highest BCUT2D eigenvalue weighted by Gasteiger charge is 2.22. The Kier molecular flexibility index (Phi) is 4.04. The minimum atomic E-state index is -3.92. The molecule has 0 fully saturated rings. The molecule has 0 aromatic carbocycles. The quantitative estimate of drug-likeness (QED) is 0.697. The lowest BCUT2D eigenvalue weighted by atomic mass is 10.3. The van der Waals surface area contributed by atoms with E-state index in [2.05, 4.69) is 25.2 Å². The Balaban J connectivity index is 2.25. The fourth-order valence-electron chi connectivity index (χ4n) is 1.39. The number of hydrogen-bond donors (Lipinski definition) is 3. The molecular weight excluding hydrogens is 316 g/mol. The van der Waals surface area contributed by atoms with Crippen LogP contribution in [0.3, 0.4) is 0 Å². The third kappa shape index (κ3) is 3.64. The molecule has 11 heteroatoms. The molecule has 4 N–H and O–H groups in total. The predicted octanol–water partition coefficient (Wildman–Crippen LogP) is 0.583. The van der Waals surface area contributed by atoms with Gasteiger partial charge in [-0.3, -0.25) is 9.52 Å². The summed E-state index contributed by atoms with van der Waals surface area (Å²) in [5.74, 6) is -0.209. The van der Waals surface area contributed by atoms with Gasteiger partial charge in [0.25, 0.3) is 14.4 Å². The van der Waals surface area contributed by atoms with Crippen molar-refractivity contribution in [3.63, 3.8) is 0 Å². The Morgan fingerprint density at radius 2 is 2.10 bits per heavy atom. The standard InChI is InChI=1S/C10H12N6O3S2/c1-5-3-7(11)4-12-8(5)16-21(18,19)10-15-14-9(20-10)13-6(2)17/h3-4H,11H2,1-2H3,(H,12,16)(H,13,14,17). The van der Waals surface area contributed by atoms with Crippen LogP contribution in [-0.2, 0) is 14.8 Å². The van der Waals surface area contributed by atoms with E-state index < -0.39 is 10.0 Å². The van der Waals surface area contributed by atoms with Crippen LogP contribution in [0, 0.1) is 6.92 Å². The topological polar surface area (TPSA) is 140 Å². The van der Waals surface area contributed by atoms with Crippen LogP contribution in [0.25, 0.3) is 0 Å². The molecule has 21 heavy (non-hydrogen) atoms. The summed E-state index contributed by atoms with van der Waals surface area (Å²) >= 11 is 0.739. The smallest absolute Gasteiger partial charge is 0.292 e. The number of anilines is 3. The number of nitrogens with two attached hydrogens (primary N) is 1. The van der Waals surface area contributed by atoms with Crippen molar-refractivity contribution in [2.45, 2.75) is 18.2 Å². The molecule has 9 nitrogen and oxygen atoms in total. The molecule has 0 saturated heterocycles.